The van der Waals surface area contributed by atoms with Gasteiger partial charge in [-0.05, 0) is 50.9 Å². The molecule has 1 amide bonds. The predicted molar refractivity (Wildman–Crippen MR) is 68.6 cm³/mol. The molecule has 3 aliphatic rings. The second-order valence-corrected chi connectivity index (χ2v) is 6.30. The Morgan fingerprint density at radius 1 is 1.11 bits per heavy atom. The largest absolute Gasteiger partial charge is 0.338 e. The summed E-state index contributed by atoms with van der Waals surface area (Å²) >= 11 is 0. The molecule has 3 nitrogen and oxygen atoms in total. The summed E-state index contributed by atoms with van der Waals surface area (Å²) in [6.45, 7) is 0.892. The SMILES string of the molecule is N#CC1(C(=O)N2CCCC2C2CCCC2)CCC1. The molecule has 1 unspecified atom stereocenters. The normalized spacial score (nSPS) is 31.1. The van der Waals surface area contributed by atoms with Gasteiger partial charge in [0.15, 0.2) is 0 Å². The van der Waals surface area contributed by atoms with E-state index >= 15 is 0 Å². The molecule has 0 aromatic rings. The molecule has 0 aromatic carbocycles. The van der Waals surface area contributed by atoms with Crippen LogP contribution >= 0.6 is 0 Å². The maximum absolute atomic E-state index is 12.7. The summed E-state index contributed by atoms with van der Waals surface area (Å²) in [5.74, 6) is 0.873. The highest BCUT2D eigenvalue weighted by molar-refractivity contribution is 5.87. The lowest BCUT2D eigenvalue weighted by Gasteiger charge is -2.40. The highest BCUT2D eigenvalue weighted by Gasteiger charge is 2.49. The molecule has 1 aliphatic heterocycles. The summed E-state index contributed by atoms with van der Waals surface area (Å²) in [7, 11) is 0. The Morgan fingerprint density at radius 2 is 1.83 bits per heavy atom. The highest BCUT2D eigenvalue weighted by Crippen LogP contribution is 2.44. The lowest BCUT2D eigenvalue weighted by molar-refractivity contribution is -0.144. The van der Waals surface area contributed by atoms with Gasteiger partial charge in [0.05, 0.1) is 6.07 Å². The number of likely N-dealkylation sites (tertiary alicyclic amines) is 1. The molecule has 2 aliphatic carbocycles. The molecular formula is C15H22N2O. The first-order chi connectivity index (χ1) is 8.77. The first-order valence-corrected chi connectivity index (χ1v) is 7.49. The topological polar surface area (TPSA) is 44.1 Å². The van der Waals surface area contributed by atoms with E-state index in [0.29, 0.717) is 12.0 Å². The number of rotatable bonds is 2. The molecule has 0 N–H and O–H groups in total. The van der Waals surface area contributed by atoms with E-state index in [1.54, 1.807) is 0 Å². The van der Waals surface area contributed by atoms with Crippen molar-refractivity contribution in [1.29, 1.82) is 5.26 Å². The van der Waals surface area contributed by atoms with Gasteiger partial charge in [-0.1, -0.05) is 12.8 Å². The Kier molecular flexibility index (Phi) is 3.05. The van der Waals surface area contributed by atoms with E-state index < -0.39 is 5.41 Å². The van der Waals surface area contributed by atoms with Crippen LogP contribution in [-0.4, -0.2) is 23.4 Å². The van der Waals surface area contributed by atoms with E-state index in [1.165, 1.54) is 25.7 Å². The van der Waals surface area contributed by atoms with E-state index in [1.807, 2.05) is 0 Å². The van der Waals surface area contributed by atoms with Gasteiger partial charge in [0.25, 0.3) is 0 Å². The Bertz CT molecular complexity index is 374. The molecular weight excluding hydrogens is 224 g/mol. The first-order valence-electron chi connectivity index (χ1n) is 7.49. The van der Waals surface area contributed by atoms with E-state index in [4.69, 9.17) is 0 Å². The minimum absolute atomic E-state index is 0.158. The number of hydrogen-bond acceptors (Lipinski definition) is 2. The maximum Gasteiger partial charge on any atom is 0.243 e. The second kappa shape index (κ2) is 4.57. The third-order valence-electron chi connectivity index (χ3n) is 5.33. The van der Waals surface area contributed by atoms with Crippen LogP contribution in [0.4, 0.5) is 0 Å². The molecule has 1 saturated heterocycles. The zero-order valence-corrected chi connectivity index (χ0v) is 11.0. The molecule has 1 heterocycles. The van der Waals surface area contributed by atoms with Gasteiger partial charge in [0, 0.05) is 12.6 Å². The third kappa shape index (κ3) is 1.74. The maximum atomic E-state index is 12.7. The highest BCUT2D eigenvalue weighted by atomic mass is 16.2. The van der Waals surface area contributed by atoms with Crippen molar-refractivity contribution in [2.24, 2.45) is 11.3 Å². The fourth-order valence-corrected chi connectivity index (χ4v) is 4.06. The Labute approximate surface area is 109 Å². The molecule has 0 spiro atoms. The van der Waals surface area contributed by atoms with Gasteiger partial charge in [0.2, 0.25) is 5.91 Å². The summed E-state index contributed by atoms with van der Waals surface area (Å²) in [6.07, 6.45) is 10.1. The number of nitrogens with zero attached hydrogens (tertiary/aromatic N) is 2. The Hall–Kier alpha value is -1.04. The molecule has 18 heavy (non-hydrogen) atoms. The fourth-order valence-electron chi connectivity index (χ4n) is 4.06. The molecule has 3 fully saturated rings. The van der Waals surface area contributed by atoms with E-state index in [2.05, 4.69) is 11.0 Å². The van der Waals surface area contributed by atoms with E-state index in [0.717, 1.165) is 38.6 Å². The van der Waals surface area contributed by atoms with Crippen LogP contribution in [0.2, 0.25) is 0 Å². The van der Waals surface area contributed by atoms with Crippen LogP contribution in [0.15, 0.2) is 0 Å². The van der Waals surface area contributed by atoms with Gasteiger partial charge in [-0.15, -0.1) is 0 Å². The van der Waals surface area contributed by atoms with Crippen molar-refractivity contribution in [3.63, 3.8) is 0 Å². The average molecular weight is 246 g/mol. The van der Waals surface area contributed by atoms with Crippen molar-refractivity contribution >= 4 is 5.91 Å². The van der Waals surface area contributed by atoms with Gasteiger partial charge >= 0.3 is 0 Å². The van der Waals surface area contributed by atoms with Crippen molar-refractivity contribution in [2.45, 2.75) is 63.8 Å². The standard InChI is InChI=1S/C15H22N2O/c16-11-15(8-4-9-15)14(18)17-10-3-7-13(17)12-5-1-2-6-12/h12-13H,1-10H2. The van der Waals surface area contributed by atoms with E-state index in [-0.39, 0.29) is 5.91 Å². The van der Waals surface area contributed by atoms with Crippen LogP contribution < -0.4 is 0 Å². The molecule has 98 valence electrons. The Morgan fingerprint density at radius 3 is 2.39 bits per heavy atom. The summed E-state index contributed by atoms with van der Waals surface area (Å²) in [6, 6.07) is 2.76. The number of hydrogen-bond donors (Lipinski definition) is 0. The van der Waals surface area contributed by atoms with Crippen LogP contribution in [0.25, 0.3) is 0 Å². The molecule has 2 saturated carbocycles. The number of carbonyl (C=O) groups excluding carboxylic acids is 1. The monoisotopic (exact) mass is 246 g/mol. The quantitative estimate of drug-likeness (QED) is 0.752. The lowest BCUT2D eigenvalue weighted by Crippen LogP contribution is -2.50. The molecule has 3 rings (SSSR count). The Balaban J connectivity index is 1.74. The number of carbonyl (C=O) groups is 1. The molecule has 0 aromatic heterocycles. The smallest absolute Gasteiger partial charge is 0.243 e. The summed E-state index contributed by atoms with van der Waals surface area (Å²) < 4.78 is 0. The summed E-state index contributed by atoms with van der Waals surface area (Å²) in [5.41, 5.74) is -0.638. The zero-order chi connectivity index (χ0) is 12.6. The van der Waals surface area contributed by atoms with E-state index in [9.17, 15) is 10.1 Å². The lowest BCUT2D eigenvalue weighted by atomic mass is 9.68. The fraction of sp³-hybridized carbons (Fsp3) is 0.867. The van der Waals surface area contributed by atoms with Crippen LogP contribution in [0, 0.1) is 22.7 Å². The van der Waals surface area contributed by atoms with Crippen LogP contribution in [0.1, 0.15) is 57.8 Å². The summed E-state index contributed by atoms with van der Waals surface area (Å²) in [4.78, 5) is 14.7. The van der Waals surface area contributed by atoms with Crippen molar-refractivity contribution in [2.75, 3.05) is 6.54 Å². The first kappa shape index (κ1) is 12.0. The number of amides is 1. The van der Waals surface area contributed by atoms with Crippen LogP contribution in [0.3, 0.4) is 0 Å². The van der Waals surface area contributed by atoms with Gasteiger partial charge in [-0.2, -0.15) is 5.26 Å². The molecule has 1 atom stereocenters. The molecule has 3 heteroatoms. The molecule has 0 radical (unpaired) electrons. The zero-order valence-electron chi connectivity index (χ0n) is 11.0. The van der Waals surface area contributed by atoms with Crippen molar-refractivity contribution in [1.82, 2.24) is 4.90 Å². The van der Waals surface area contributed by atoms with Crippen molar-refractivity contribution < 1.29 is 4.79 Å². The van der Waals surface area contributed by atoms with Crippen LogP contribution in [-0.2, 0) is 4.79 Å². The van der Waals surface area contributed by atoms with Gasteiger partial charge in [-0.25, -0.2) is 0 Å². The van der Waals surface area contributed by atoms with Crippen LogP contribution in [0.5, 0.6) is 0 Å². The van der Waals surface area contributed by atoms with Gasteiger partial charge in [0.1, 0.15) is 5.41 Å². The minimum Gasteiger partial charge on any atom is -0.338 e. The average Bonchev–Trinajstić information content (AvgIpc) is 2.99. The predicted octanol–water partition coefficient (Wildman–Crippen LogP) is 2.86. The third-order valence-corrected chi connectivity index (χ3v) is 5.33. The number of nitriles is 1. The minimum atomic E-state index is -0.638. The molecule has 0 bridgehead atoms. The second-order valence-electron chi connectivity index (χ2n) is 6.30. The van der Waals surface area contributed by atoms with Crippen molar-refractivity contribution in [3.8, 4) is 6.07 Å². The van der Waals surface area contributed by atoms with Gasteiger partial charge in [-0.3, -0.25) is 4.79 Å². The summed E-state index contributed by atoms with van der Waals surface area (Å²) in [5, 5.41) is 9.32. The van der Waals surface area contributed by atoms with Gasteiger partial charge < -0.3 is 4.90 Å². The van der Waals surface area contributed by atoms with Crippen molar-refractivity contribution in [3.05, 3.63) is 0 Å².